The minimum absolute atomic E-state index is 0.0598. The largest absolute Gasteiger partial charge is 0.507 e. The van der Waals surface area contributed by atoms with Gasteiger partial charge in [-0.2, -0.15) is 5.10 Å². The molecule has 0 spiro atoms. The second kappa shape index (κ2) is 7.59. The molecule has 0 aliphatic carbocycles. The van der Waals surface area contributed by atoms with E-state index >= 15 is 0 Å². The van der Waals surface area contributed by atoms with E-state index in [1.807, 2.05) is 0 Å². The third-order valence-electron chi connectivity index (χ3n) is 2.54. The van der Waals surface area contributed by atoms with Crippen LogP contribution in [0.5, 0.6) is 5.75 Å². The highest BCUT2D eigenvalue weighted by Gasteiger charge is 2.09. The van der Waals surface area contributed by atoms with Crippen LogP contribution in [0.3, 0.4) is 0 Å². The van der Waals surface area contributed by atoms with Gasteiger partial charge in [-0.25, -0.2) is 5.43 Å². The molecule has 0 bridgehead atoms. The van der Waals surface area contributed by atoms with Crippen molar-refractivity contribution < 1.29 is 19.1 Å². The van der Waals surface area contributed by atoms with Gasteiger partial charge in [-0.1, -0.05) is 0 Å². The quantitative estimate of drug-likeness (QED) is 0.392. The van der Waals surface area contributed by atoms with Crippen molar-refractivity contribution in [2.24, 2.45) is 5.10 Å². The van der Waals surface area contributed by atoms with E-state index in [0.29, 0.717) is 5.56 Å². The monoisotopic (exact) mass is 413 g/mol. The summed E-state index contributed by atoms with van der Waals surface area (Å²) in [7, 11) is 0. The predicted molar refractivity (Wildman–Crippen MR) is 87.6 cm³/mol. The Morgan fingerprint density at radius 3 is 2.91 bits per heavy atom. The van der Waals surface area contributed by atoms with Crippen molar-refractivity contribution in [3.8, 4) is 5.75 Å². The van der Waals surface area contributed by atoms with E-state index in [9.17, 15) is 14.7 Å². The standard InChI is InChI=1S/C14H12IN3O4/c15-10-3-4-11(19)9(6-10)7-17-18-13(20)8-16-14(21)12-2-1-5-22-12/h1-7,19H,8H2,(H,16,21)(H,18,20)/b17-7+. The zero-order valence-corrected chi connectivity index (χ0v) is 13.4. The molecule has 1 heterocycles. The van der Waals surface area contributed by atoms with E-state index in [4.69, 9.17) is 4.42 Å². The van der Waals surface area contributed by atoms with Crippen molar-refractivity contribution in [3.63, 3.8) is 0 Å². The third-order valence-corrected chi connectivity index (χ3v) is 3.21. The Kier molecular flexibility index (Phi) is 5.53. The van der Waals surface area contributed by atoms with Gasteiger partial charge in [0.15, 0.2) is 5.76 Å². The number of carbonyl (C=O) groups excluding carboxylic acids is 2. The average molecular weight is 413 g/mol. The first-order valence-electron chi connectivity index (χ1n) is 6.18. The fraction of sp³-hybridized carbons (Fsp3) is 0.0714. The Labute approximate surface area is 139 Å². The van der Waals surface area contributed by atoms with Crippen LogP contribution < -0.4 is 10.7 Å². The number of aromatic hydroxyl groups is 1. The van der Waals surface area contributed by atoms with Crippen LogP contribution in [0.2, 0.25) is 0 Å². The lowest BCUT2D eigenvalue weighted by Crippen LogP contribution is -2.34. The van der Waals surface area contributed by atoms with E-state index in [1.54, 1.807) is 18.2 Å². The first-order chi connectivity index (χ1) is 10.6. The molecule has 0 aliphatic heterocycles. The minimum atomic E-state index is -0.499. The SMILES string of the molecule is O=C(CNC(=O)c1ccco1)N/N=C/c1cc(I)ccc1O. The van der Waals surface area contributed by atoms with Gasteiger partial charge in [0, 0.05) is 9.13 Å². The van der Waals surface area contributed by atoms with Crippen LogP contribution in [0.15, 0.2) is 46.1 Å². The van der Waals surface area contributed by atoms with Crippen molar-refractivity contribution in [3.05, 3.63) is 51.5 Å². The normalized spacial score (nSPS) is 10.6. The van der Waals surface area contributed by atoms with Gasteiger partial charge in [0.1, 0.15) is 5.75 Å². The third kappa shape index (κ3) is 4.58. The molecule has 0 radical (unpaired) electrons. The average Bonchev–Trinajstić information content (AvgIpc) is 3.02. The lowest BCUT2D eigenvalue weighted by molar-refractivity contribution is -0.120. The molecule has 114 valence electrons. The van der Waals surface area contributed by atoms with Gasteiger partial charge in [-0.15, -0.1) is 0 Å². The maximum Gasteiger partial charge on any atom is 0.287 e. The molecular formula is C14H12IN3O4. The molecule has 0 aliphatic rings. The first-order valence-corrected chi connectivity index (χ1v) is 7.26. The van der Waals surface area contributed by atoms with Crippen molar-refractivity contribution in [2.75, 3.05) is 6.54 Å². The van der Waals surface area contributed by atoms with Gasteiger partial charge in [0.2, 0.25) is 0 Å². The number of furan rings is 1. The van der Waals surface area contributed by atoms with Crippen LogP contribution in [0.25, 0.3) is 0 Å². The molecule has 22 heavy (non-hydrogen) atoms. The summed E-state index contributed by atoms with van der Waals surface area (Å²) in [6.45, 7) is -0.241. The number of hydrogen-bond acceptors (Lipinski definition) is 5. The topological polar surface area (TPSA) is 104 Å². The highest BCUT2D eigenvalue weighted by Crippen LogP contribution is 2.17. The molecule has 7 nitrogen and oxygen atoms in total. The first kappa shape index (κ1) is 16.0. The summed E-state index contributed by atoms with van der Waals surface area (Å²) in [5, 5.41) is 15.7. The summed E-state index contributed by atoms with van der Waals surface area (Å²) in [6.07, 6.45) is 2.69. The number of rotatable bonds is 5. The molecule has 3 N–H and O–H groups in total. The molecule has 0 atom stereocenters. The van der Waals surface area contributed by atoms with Gasteiger partial charge in [-0.05, 0) is 52.9 Å². The lowest BCUT2D eigenvalue weighted by Gasteiger charge is -2.02. The van der Waals surface area contributed by atoms with Gasteiger partial charge in [-0.3, -0.25) is 9.59 Å². The summed E-state index contributed by atoms with van der Waals surface area (Å²) in [6, 6.07) is 8.06. The molecule has 8 heteroatoms. The second-order valence-electron chi connectivity index (χ2n) is 4.16. The van der Waals surface area contributed by atoms with Crippen LogP contribution >= 0.6 is 22.6 Å². The fourth-order valence-corrected chi connectivity index (χ4v) is 2.01. The Balaban J connectivity index is 1.81. The molecule has 0 saturated heterocycles. The van der Waals surface area contributed by atoms with Gasteiger partial charge in [0.25, 0.3) is 11.8 Å². The van der Waals surface area contributed by atoms with E-state index in [0.717, 1.165) is 3.57 Å². The molecule has 1 aromatic heterocycles. The summed E-state index contributed by atoms with van der Waals surface area (Å²) in [5.41, 5.74) is 2.73. The molecule has 0 fully saturated rings. The van der Waals surface area contributed by atoms with Crippen LogP contribution in [-0.4, -0.2) is 29.7 Å². The van der Waals surface area contributed by atoms with Crippen LogP contribution in [0.4, 0.5) is 0 Å². The number of nitrogens with one attached hydrogen (secondary N) is 2. The van der Waals surface area contributed by atoms with Gasteiger partial charge in [0.05, 0.1) is 19.0 Å². The summed E-state index contributed by atoms with van der Waals surface area (Å²) < 4.78 is 5.81. The molecule has 0 saturated carbocycles. The Hall–Kier alpha value is -2.36. The van der Waals surface area contributed by atoms with E-state index in [2.05, 4.69) is 38.4 Å². The molecule has 2 aromatic rings. The molecule has 2 amide bonds. The number of hydrogen-bond donors (Lipinski definition) is 3. The maximum absolute atomic E-state index is 11.5. The molecule has 1 aromatic carbocycles. The number of carbonyl (C=O) groups is 2. The molecule has 0 unspecified atom stereocenters. The summed E-state index contributed by atoms with van der Waals surface area (Å²) in [4.78, 5) is 23.1. The number of halogens is 1. The Morgan fingerprint density at radius 2 is 2.18 bits per heavy atom. The number of amides is 2. The van der Waals surface area contributed by atoms with Crippen molar-refractivity contribution >= 4 is 40.6 Å². The number of benzene rings is 1. The fourth-order valence-electron chi connectivity index (χ4n) is 1.50. The van der Waals surface area contributed by atoms with E-state index < -0.39 is 11.8 Å². The number of nitrogens with zero attached hydrogens (tertiary/aromatic N) is 1. The van der Waals surface area contributed by atoms with Crippen LogP contribution in [-0.2, 0) is 4.79 Å². The summed E-state index contributed by atoms with van der Waals surface area (Å²) in [5.74, 6) is -0.801. The summed E-state index contributed by atoms with van der Waals surface area (Å²) >= 11 is 2.10. The maximum atomic E-state index is 11.5. The van der Waals surface area contributed by atoms with Crippen molar-refractivity contribution in [2.45, 2.75) is 0 Å². The van der Waals surface area contributed by atoms with Gasteiger partial charge >= 0.3 is 0 Å². The van der Waals surface area contributed by atoms with E-state index in [-0.39, 0.29) is 18.1 Å². The predicted octanol–water partition coefficient (Wildman–Crippen LogP) is 1.47. The second-order valence-corrected chi connectivity index (χ2v) is 5.40. The lowest BCUT2D eigenvalue weighted by atomic mass is 10.2. The van der Waals surface area contributed by atoms with Crippen molar-refractivity contribution in [1.29, 1.82) is 0 Å². The molecular weight excluding hydrogens is 401 g/mol. The number of hydrazone groups is 1. The smallest absolute Gasteiger partial charge is 0.287 e. The zero-order valence-electron chi connectivity index (χ0n) is 11.2. The number of phenols is 1. The Bertz CT molecular complexity index is 698. The minimum Gasteiger partial charge on any atom is -0.507 e. The Morgan fingerprint density at radius 1 is 1.36 bits per heavy atom. The van der Waals surface area contributed by atoms with Gasteiger partial charge < -0.3 is 14.8 Å². The van der Waals surface area contributed by atoms with Crippen LogP contribution in [0, 0.1) is 3.57 Å². The van der Waals surface area contributed by atoms with Crippen LogP contribution in [0.1, 0.15) is 16.1 Å². The highest BCUT2D eigenvalue weighted by atomic mass is 127. The zero-order chi connectivity index (χ0) is 15.9. The van der Waals surface area contributed by atoms with E-state index in [1.165, 1.54) is 24.6 Å². The van der Waals surface area contributed by atoms with Crippen molar-refractivity contribution in [1.82, 2.24) is 10.7 Å². The highest BCUT2D eigenvalue weighted by molar-refractivity contribution is 14.1. The number of phenolic OH excluding ortho intramolecular Hbond substituents is 1. The molecule has 2 rings (SSSR count).